The van der Waals surface area contributed by atoms with Crippen molar-refractivity contribution in [1.29, 1.82) is 0 Å². The summed E-state index contributed by atoms with van der Waals surface area (Å²) in [6.45, 7) is 0. The van der Waals surface area contributed by atoms with Crippen molar-refractivity contribution in [3.05, 3.63) is 16.1 Å². The Morgan fingerprint density at radius 1 is 1.50 bits per heavy atom. The third-order valence-corrected chi connectivity index (χ3v) is 4.23. The minimum Gasteiger partial charge on any atom is -0.245 e. The quantitative estimate of drug-likeness (QED) is 0.725. The van der Waals surface area contributed by atoms with Crippen LogP contribution in [0, 0.1) is 0 Å². The van der Waals surface area contributed by atoms with Crippen molar-refractivity contribution >= 4 is 27.3 Å². The third kappa shape index (κ3) is 1.72. The van der Waals surface area contributed by atoms with Crippen molar-refractivity contribution in [3.8, 4) is 0 Å². The highest BCUT2D eigenvalue weighted by Gasteiger charge is 2.19. The van der Waals surface area contributed by atoms with E-state index in [0.717, 1.165) is 11.2 Å². The Kier molecular flexibility index (Phi) is 2.81. The second-order valence-electron chi connectivity index (χ2n) is 3.28. The van der Waals surface area contributed by atoms with Crippen LogP contribution in [-0.2, 0) is 5.33 Å². The number of nitrogens with zero attached hydrogens (tertiary/aromatic N) is 1. The molecule has 0 bridgehead atoms. The first-order valence-corrected chi connectivity index (χ1v) is 6.40. The molecule has 0 aliphatic heterocycles. The van der Waals surface area contributed by atoms with E-state index < -0.39 is 0 Å². The van der Waals surface area contributed by atoms with Gasteiger partial charge in [0.05, 0.1) is 11.0 Å². The summed E-state index contributed by atoms with van der Waals surface area (Å²) in [5.41, 5.74) is 1.34. The lowest BCUT2D eigenvalue weighted by molar-refractivity contribution is 0.701. The molecule has 0 N–H and O–H groups in total. The van der Waals surface area contributed by atoms with E-state index in [1.54, 1.807) is 11.3 Å². The first kappa shape index (κ1) is 8.70. The van der Waals surface area contributed by atoms with Crippen LogP contribution in [0.3, 0.4) is 0 Å². The first-order chi connectivity index (χ1) is 5.90. The molecule has 1 heterocycles. The van der Waals surface area contributed by atoms with Crippen LogP contribution in [0.15, 0.2) is 5.38 Å². The predicted octanol–water partition coefficient (Wildman–Crippen LogP) is 3.70. The lowest BCUT2D eigenvalue weighted by atomic mass is 10.1. The van der Waals surface area contributed by atoms with Crippen LogP contribution in [0.4, 0.5) is 0 Å². The summed E-state index contributed by atoms with van der Waals surface area (Å²) < 4.78 is 0. The van der Waals surface area contributed by atoms with Crippen molar-refractivity contribution in [2.24, 2.45) is 0 Å². The Bertz CT molecular complexity index is 253. The minimum absolute atomic E-state index is 0.772. The van der Waals surface area contributed by atoms with Crippen molar-refractivity contribution < 1.29 is 0 Å². The van der Waals surface area contributed by atoms with Gasteiger partial charge in [0.15, 0.2) is 0 Å². The molecule has 12 heavy (non-hydrogen) atoms. The molecule has 2 rings (SSSR count). The van der Waals surface area contributed by atoms with Gasteiger partial charge in [0, 0.05) is 11.3 Å². The standard InChI is InChI=1S/C9H12BrNS/c10-5-9-11-8(6-12-9)7-3-1-2-4-7/h6-7H,1-5H2. The zero-order chi connectivity index (χ0) is 8.39. The molecule has 1 aliphatic rings. The molecular formula is C9H12BrNS. The molecule has 0 saturated heterocycles. The lowest BCUT2D eigenvalue weighted by Crippen LogP contribution is -1.92. The number of rotatable bonds is 2. The maximum absolute atomic E-state index is 4.58. The molecule has 0 radical (unpaired) electrons. The summed E-state index contributed by atoms with van der Waals surface area (Å²) in [6.07, 6.45) is 5.49. The SMILES string of the molecule is BrCc1nc(C2CCCC2)cs1. The van der Waals surface area contributed by atoms with E-state index in [4.69, 9.17) is 0 Å². The van der Waals surface area contributed by atoms with E-state index in [2.05, 4.69) is 26.3 Å². The van der Waals surface area contributed by atoms with Crippen LogP contribution in [0.25, 0.3) is 0 Å². The molecule has 0 atom stereocenters. The molecule has 0 spiro atoms. The van der Waals surface area contributed by atoms with Gasteiger partial charge in [-0.1, -0.05) is 28.8 Å². The number of hydrogen-bond donors (Lipinski definition) is 0. The first-order valence-electron chi connectivity index (χ1n) is 4.40. The summed E-state index contributed by atoms with van der Waals surface area (Å²) in [4.78, 5) is 4.58. The maximum atomic E-state index is 4.58. The minimum atomic E-state index is 0.772. The average Bonchev–Trinajstić information content (AvgIpc) is 2.75. The molecule has 3 heteroatoms. The van der Waals surface area contributed by atoms with E-state index in [-0.39, 0.29) is 0 Å². The molecule has 66 valence electrons. The molecule has 1 saturated carbocycles. The van der Waals surface area contributed by atoms with Gasteiger partial charge in [-0.15, -0.1) is 11.3 Å². The van der Waals surface area contributed by atoms with Gasteiger partial charge in [0.1, 0.15) is 5.01 Å². The average molecular weight is 246 g/mol. The molecule has 1 aliphatic carbocycles. The molecule has 1 aromatic rings. The molecular weight excluding hydrogens is 234 g/mol. The van der Waals surface area contributed by atoms with Crippen LogP contribution < -0.4 is 0 Å². The Labute approximate surface area is 85.3 Å². The normalized spacial score (nSPS) is 18.8. The fourth-order valence-electron chi connectivity index (χ4n) is 1.80. The predicted molar refractivity (Wildman–Crippen MR) is 56.0 cm³/mol. The van der Waals surface area contributed by atoms with Crippen molar-refractivity contribution in [2.45, 2.75) is 36.9 Å². The lowest BCUT2D eigenvalue weighted by Gasteiger charge is -2.02. The van der Waals surface area contributed by atoms with Gasteiger partial charge in [-0.05, 0) is 12.8 Å². The highest BCUT2D eigenvalue weighted by atomic mass is 79.9. The van der Waals surface area contributed by atoms with E-state index in [1.807, 2.05) is 0 Å². The van der Waals surface area contributed by atoms with E-state index in [0.29, 0.717) is 0 Å². The monoisotopic (exact) mass is 245 g/mol. The van der Waals surface area contributed by atoms with Gasteiger partial charge in [-0.25, -0.2) is 4.98 Å². The Balaban J connectivity index is 2.11. The molecule has 1 fully saturated rings. The largest absolute Gasteiger partial charge is 0.245 e. The number of halogens is 1. The highest BCUT2D eigenvalue weighted by molar-refractivity contribution is 9.08. The van der Waals surface area contributed by atoms with Crippen LogP contribution in [0.2, 0.25) is 0 Å². The van der Waals surface area contributed by atoms with Gasteiger partial charge < -0.3 is 0 Å². The smallest absolute Gasteiger partial charge is 0.103 e. The molecule has 0 unspecified atom stereocenters. The molecule has 1 nitrogen and oxygen atoms in total. The van der Waals surface area contributed by atoms with Crippen molar-refractivity contribution in [1.82, 2.24) is 4.98 Å². The van der Waals surface area contributed by atoms with E-state index in [1.165, 1.54) is 36.4 Å². The van der Waals surface area contributed by atoms with Crippen LogP contribution in [0.5, 0.6) is 0 Å². The zero-order valence-corrected chi connectivity index (χ0v) is 9.33. The summed E-state index contributed by atoms with van der Waals surface area (Å²) in [5, 5.41) is 4.36. The second-order valence-corrected chi connectivity index (χ2v) is 4.78. The van der Waals surface area contributed by atoms with Crippen LogP contribution >= 0.6 is 27.3 Å². The van der Waals surface area contributed by atoms with E-state index >= 15 is 0 Å². The van der Waals surface area contributed by atoms with Gasteiger partial charge in [-0.3, -0.25) is 0 Å². The van der Waals surface area contributed by atoms with Crippen molar-refractivity contribution in [2.75, 3.05) is 0 Å². The van der Waals surface area contributed by atoms with Gasteiger partial charge in [0.2, 0.25) is 0 Å². The molecule has 0 amide bonds. The number of alkyl halides is 1. The van der Waals surface area contributed by atoms with Gasteiger partial charge in [-0.2, -0.15) is 0 Å². The summed E-state index contributed by atoms with van der Waals surface area (Å²) in [6, 6.07) is 0. The maximum Gasteiger partial charge on any atom is 0.103 e. The number of thiazole rings is 1. The Morgan fingerprint density at radius 3 is 2.83 bits per heavy atom. The topological polar surface area (TPSA) is 12.9 Å². The summed E-state index contributed by atoms with van der Waals surface area (Å²) in [7, 11) is 0. The fraction of sp³-hybridized carbons (Fsp3) is 0.667. The van der Waals surface area contributed by atoms with Crippen molar-refractivity contribution in [3.63, 3.8) is 0 Å². The number of hydrogen-bond acceptors (Lipinski definition) is 2. The Morgan fingerprint density at radius 2 is 2.25 bits per heavy atom. The van der Waals surface area contributed by atoms with Crippen LogP contribution in [0.1, 0.15) is 42.3 Å². The summed E-state index contributed by atoms with van der Waals surface area (Å²) in [5.74, 6) is 0.772. The van der Waals surface area contributed by atoms with Gasteiger partial charge in [0.25, 0.3) is 0 Å². The number of aromatic nitrogens is 1. The third-order valence-electron chi connectivity index (χ3n) is 2.46. The fourth-order valence-corrected chi connectivity index (χ4v) is 3.04. The van der Waals surface area contributed by atoms with Crippen LogP contribution in [-0.4, -0.2) is 4.98 Å². The summed E-state index contributed by atoms with van der Waals surface area (Å²) >= 11 is 5.21. The molecule has 0 aromatic carbocycles. The molecule has 1 aromatic heterocycles. The van der Waals surface area contributed by atoms with Gasteiger partial charge >= 0.3 is 0 Å². The Hall–Kier alpha value is 0.110. The zero-order valence-electron chi connectivity index (χ0n) is 6.92. The second kappa shape index (κ2) is 3.88. The highest BCUT2D eigenvalue weighted by Crippen LogP contribution is 2.34. The van der Waals surface area contributed by atoms with E-state index in [9.17, 15) is 0 Å².